The molecule has 0 bridgehead atoms. The van der Waals surface area contributed by atoms with E-state index in [9.17, 15) is 9.90 Å². The second kappa shape index (κ2) is 7.96. The average Bonchev–Trinajstić information content (AvgIpc) is 3.25. The Morgan fingerprint density at radius 3 is 2.96 bits per heavy atom. The number of thiophene rings is 1. The van der Waals surface area contributed by atoms with Crippen LogP contribution < -0.4 is 10.5 Å². The summed E-state index contributed by atoms with van der Waals surface area (Å²) in [5, 5.41) is 16.2. The van der Waals surface area contributed by atoms with Crippen LogP contribution >= 0.6 is 11.3 Å². The van der Waals surface area contributed by atoms with E-state index in [4.69, 9.17) is 9.15 Å². The number of aliphatic hydroxyl groups is 1. The van der Waals surface area contributed by atoms with Gasteiger partial charge in [0.2, 0.25) is 0 Å². The van der Waals surface area contributed by atoms with Crippen LogP contribution in [0.15, 0.2) is 63.6 Å². The second-order valence-electron chi connectivity index (χ2n) is 5.40. The fourth-order valence-corrected chi connectivity index (χ4v) is 2.97. The van der Waals surface area contributed by atoms with E-state index in [0.717, 1.165) is 15.1 Å². The number of rotatable bonds is 8. The van der Waals surface area contributed by atoms with Crippen LogP contribution in [-0.4, -0.2) is 27.6 Å². The Morgan fingerprint density at radius 1 is 1.36 bits per heavy atom. The Bertz CT molecular complexity index is 883. The minimum absolute atomic E-state index is 0.00265. The SMILES string of the molecule is C=CCc1ccccc1OCC(O)Cn1nc(-c2cccs2)oc1=O. The monoisotopic (exact) mass is 358 g/mol. The molecule has 3 aromatic rings. The van der Waals surface area contributed by atoms with Gasteiger partial charge in [-0.15, -0.1) is 23.0 Å². The fraction of sp³-hybridized carbons (Fsp3) is 0.222. The van der Waals surface area contributed by atoms with Crippen molar-refractivity contribution >= 4 is 11.3 Å². The maximum absolute atomic E-state index is 11.9. The zero-order valence-electron chi connectivity index (χ0n) is 13.5. The van der Waals surface area contributed by atoms with Gasteiger partial charge in [0.1, 0.15) is 18.5 Å². The highest BCUT2D eigenvalue weighted by atomic mass is 32.1. The number of aliphatic hydroxyl groups excluding tert-OH is 1. The lowest BCUT2D eigenvalue weighted by atomic mass is 10.1. The molecule has 7 heteroatoms. The maximum Gasteiger partial charge on any atom is 0.437 e. The second-order valence-corrected chi connectivity index (χ2v) is 6.35. The minimum atomic E-state index is -0.893. The van der Waals surface area contributed by atoms with Gasteiger partial charge in [-0.3, -0.25) is 0 Å². The molecule has 0 fully saturated rings. The smallest absolute Gasteiger partial charge is 0.437 e. The first-order valence-corrected chi connectivity index (χ1v) is 8.67. The molecule has 1 N–H and O–H groups in total. The van der Waals surface area contributed by atoms with E-state index in [1.54, 1.807) is 6.08 Å². The van der Waals surface area contributed by atoms with Gasteiger partial charge in [0, 0.05) is 0 Å². The first kappa shape index (κ1) is 17.2. The molecule has 0 amide bonds. The van der Waals surface area contributed by atoms with Crippen LogP contribution in [-0.2, 0) is 13.0 Å². The molecule has 0 aliphatic carbocycles. The molecule has 6 nitrogen and oxygen atoms in total. The molecule has 3 rings (SSSR count). The number of benzene rings is 1. The lowest BCUT2D eigenvalue weighted by Crippen LogP contribution is -2.29. The van der Waals surface area contributed by atoms with Gasteiger partial charge in [-0.05, 0) is 29.5 Å². The summed E-state index contributed by atoms with van der Waals surface area (Å²) in [6.45, 7) is 3.76. The van der Waals surface area contributed by atoms with Crippen molar-refractivity contribution in [2.45, 2.75) is 19.1 Å². The van der Waals surface area contributed by atoms with Crippen molar-refractivity contribution in [1.82, 2.24) is 9.78 Å². The van der Waals surface area contributed by atoms with Crippen molar-refractivity contribution in [2.24, 2.45) is 0 Å². The Labute approximate surface area is 148 Å². The van der Waals surface area contributed by atoms with Gasteiger partial charge in [0.15, 0.2) is 0 Å². The number of nitrogens with zero attached hydrogens (tertiary/aromatic N) is 2. The quantitative estimate of drug-likeness (QED) is 0.627. The van der Waals surface area contributed by atoms with Crippen LogP contribution in [0.5, 0.6) is 5.75 Å². The van der Waals surface area contributed by atoms with Gasteiger partial charge < -0.3 is 14.3 Å². The van der Waals surface area contributed by atoms with Gasteiger partial charge in [-0.2, -0.15) is 4.68 Å². The van der Waals surface area contributed by atoms with Crippen LogP contribution in [0, 0.1) is 0 Å². The highest BCUT2D eigenvalue weighted by Crippen LogP contribution is 2.21. The number of allylic oxidation sites excluding steroid dienone is 1. The maximum atomic E-state index is 11.9. The average molecular weight is 358 g/mol. The molecule has 25 heavy (non-hydrogen) atoms. The summed E-state index contributed by atoms with van der Waals surface area (Å²) in [5.41, 5.74) is 0.989. The lowest BCUT2D eigenvalue weighted by molar-refractivity contribution is 0.0871. The predicted octanol–water partition coefficient (Wildman–Crippen LogP) is 2.73. The summed E-state index contributed by atoms with van der Waals surface area (Å²) in [4.78, 5) is 12.6. The Morgan fingerprint density at radius 2 is 2.20 bits per heavy atom. The summed E-state index contributed by atoms with van der Waals surface area (Å²) in [6.07, 6.45) is 1.58. The van der Waals surface area contributed by atoms with Gasteiger partial charge in [0.05, 0.1) is 11.4 Å². The molecule has 0 saturated heterocycles. The third-order valence-corrected chi connectivity index (χ3v) is 4.35. The van der Waals surface area contributed by atoms with Crippen LogP contribution in [0.25, 0.3) is 10.8 Å². The van der Waals surface area contributed by atoms with Crippen molar-refractivity contribution in [2.75, 3.05) is 6.61 Å². The largest absolute Gasteiger partial charge is 0.491 e. The van der Waals surface area contributed by atoms with Crippen molar-refractivity contribution in [3.63, 3.8) is 0 Å². The van der Waals surface area contributed by atoms with Crippen molar-refractivity contribution in [3.05, 3.63) is 70.5 Å². The van der Waals surface area contributed by atoms with E-state index >= 15 is 0 Å². The van der Waals surface area contributed by atoms with Crippen molar-refractivity contribution in [3.8, 4) is 16.5 Å². The van der Waals surface area contributed by atoms with Gasteiger partial charge in [-0.25, -0.2) is 4.79 Å². The molecular weight excluding hydrogens is 340 g/mol. The summed E-state index contributed by atoms with van der Waals surface area (Å²) in [7, 11) is 0. The molecule has 0 aliphatic rings. The number of hydrogen-bond acceptors (Lipinski definition) is 6. The standard InChI is InChI=1S/C18H18N2O4S/c1-2-6-13-7-3-4-8-15(13)23-12-14(21)11-20-18(22)24-17(19-20)16-9-5-10-25-16/h2-5,7-10,14,21H,1,6,11-12H2. The van der Waals surface area contributed by atoms with Gasteiger partial charge in [0.25, 0.3) is 5.89 Å². The molecule has 2 aromatic heterocycles. The summed E-state index contributed by atoms with van der Waals surface area (Å²) in [6, 6.07) is 11.2. The molecule has 0 radical (unpaired) electrons. The van der Waals surface area contributed by atoms with Crippen molar-refractivity contribution < 1.29 is 14.3 Å². The number of hydrogen-bond donors (Lipinski definition) is 1. The Balaban J connectivity index is 1.63. The van der Waals surface area contributed by atoms with Gasteiger partial charge >= 0.3 is 5.76 Å². The van der Waals surface area contributed by atoms with Crippen LogP contribution in [0.3, 0.4) is 0 Å². The first-order valence-electron chi connectivity index (χ1n) is 7.79. The lowest BCUT2D eigenvalue weighted by Gasteiger charge is -2.14. The number of aromatic nitrogens is 2. The molecular formula is C18H18N2O4S. The molecule has 1 aromatic carbocycles. The highest BCUT2D eigenvalue weighted by molar-refractivity contribution is 7.13. The molecule has 0 aliphatic heterocycles. The topological polar surface area (TPSA) is 77.5 Å². The third kappa shape index (κ3) is 4.26. The summed E-state index contributed by atoms with van der Waals surface area (Å²) < 4.78 is 11.9. The van der Waals surface area contributed by atoms with Gasteiger partial charge in [-0.1, -0.05) is 30.3 Å². The fourth-order valence-electron chi connectivity index (χ4n) is 2.33. The van der Waals surface area contributed by atoms with E-state index in [1.807, 2.05) is 41.8 Å². The number of ether oxygens (including phenoxy) is 1. The number of para-hydroxylation sites is 1. The third-order valence-electron chi connectivity index (χ3n) is 3.49. The molecule has 2 heterocycles. The van der Waals surface area contributed by atoms with E-state index in [-0.39, 0.29) is 19.0 Å². The van der Waals surface area contributed by atoms with E-state index < -0.39 is 11.9 Å². The molecule has 130 valence electrons. The van der Waals surface area contributed by atoms with E-state index in [1.165, 1.54) is 11.3 Å². The molecule has 0 spiro atoms. The van der Waals surface area contributed by atoms with Crippen LogP contribution in [0.1, 0.15) is 5.56 Å². The Kier molecular flexibility index (Phi) is 5.47. The molecule has 1 unspecified atom stereocenters. The van der Waals surface area contributed by atoms with Crippen molar-refractivity contribution in [1.29, 1.82) is 0 Å². The minimum Gasteiger partial charge on any atom is -0.491 e. The molecule has 1 atom stereocenters. The predicted molar refractivity (Wildman–Crippen MR) is 95.9 cm³/mol. The van der Waals surface area contributed by atoms with E-state index in [2.05, 4.69) is 11.7 Å². The molecule has 0 saturated carbocycles. The highest BCUT2D eigenvalue weighted by Gasteiger charge is 2.15. The zero-order valence-corrected chi connectivity index (χ0v) is 14.3. The first-order chi connectivity index (χ1) is 12.2. The zero-order chi connectivity index (χ0) is 17.6. The summed E-state index contributed by atoms with van der Waals surface area (Å²) >= 11 is 1.43. The summed E-state index contributed by atoms with van der Waals surface area (Å²) in [5.74, 6) is 0.340. The Hall–Kier alpha value is -2.64. The van der Waals surface area contributed by atoms with Crippen LogP contribution in [0.4, 0.5) is 0 Å². The van der Waals surface area contributed by atoms with E-state index in [0.29, 0.717) is 12.2 Å². The normalized spacial score (nSPS) is 12.0. The van der Waals surface area contributed by atoms with Crippen LogP contribution in [0.2, 0.25) is 0 Å².